The molecule has 3 rings (SSSR count). The van der Waals surface area contributed by atoms with Gasteiger partial charge in [0, 0.05) is 32.3 Å². The van der Waals surface area contributed by atoms with E-state index in [0.717, 1.165) is 30.1 Å². The van der Waals surface area contributed by atoms with Gasteiger partial charge in [0.15, 0.2) is 11.5 Å². The average molecular weight is 411 g/mol. The van der Waals surface area contributed by atoms with Gasteiger partial charge in [-0.25, -0.2) is 0 Å². The summed E-state index contributed by atoms with van der Waals surface area (Å²) in [4.78, 5) is 16.8. The molecule has 6 heteroatoms. The van der Waals surface area contributed by atoms with E-state index >= 15 is 0 Å². The van der Waals surface area contributed by atoms with Crippen molar-refractivity contribution in [3.05, 3.63) is 54.1 Å². The minimum Gasteiger partial charge on any atom is -0.493 e. The van der Waals surface area contributed by atoms with Crippen LogP contribution in [0.5, 0.6) is 17.2 Å². The van der Waals surface area contributed by atoms with E-state index in [0.29, 0.717) is 37.8 Å². The smallest absolute Gasteiger partial charge is 0.246 e. The fraction of sp³-hybridized carbons (Fsp3) is 0.375. The first-order chi connectivity index (χ1) is 14.7. The summed E-state index contributed by atoms with van der Waals surface area (Å²) in [6.07, 6.45) is 3.45. The second-order valence-electron chi connectivity index (χ2n) is 6.89. The number of carbonyl (C=O) groups is 1. The molecule has 1 heterocycles. The molecular weight excluding hydrogens is 380 g/mol. The maximum absolute atomic E-state index is 12.7. The van der Waals surface area contributed by atoms with Gasteiger partial charge in [-0.05, 0) is 49.8 Å². The normalized spacial score (nSPS) is 14.1. The van der Waals surface area contributed by atoms with Crippen LogP contribution in [-0.4, -0.2) is 57.3 Å². The standard InChI is InChI=1S/C24H30N2O4/c1-4-29-21-9-7-6-8-20(21)25-14-16-26(17-15-25)24(27)13-11-19-10-12-22(28-3)23(18-19)30-5-2/h6-13,18H,4-5,14-17H2,1-3H3/b13-11+. The van der Waals surface area contributed by atoms with Crippen LogP contribution in [0.1, 0.15) is 19.4 Å². The lowest BCUT2D eigenvalue weighted by atomic mass is 10.1. The number of ether oxygens (including phenoxy) is 3. The maximum atomic E-state index is 12.7. The van der Waals surface area contributed by atoms with Crippen molar-refractivity contribution >= 4 is 17.7 Å². The Bertz CT molecular complexity index is 873. The van der Waals surface area contributed by atoms with E-state index in [1.54, 1.807) is 13.2 Å². The summed E-state index contributed by atoms with van der Waals surface area (Å²) in [6, 6.07) is 13.7. The van der Waals surface area contributed by atoms with E-state index in [2.05, 4.69) is 11.0 Å². The molecule has 6 nitrogen and oxygen atoms in total. The Morgan fingerprint density at radius 3 is 2.33 bits per heavy atom. The van der Waals surface area contributed by atoms with Gasteiger partial charge < -0.3 is 24.0 Å². The number of methoxy groups -OCH3 is 1. The number of hydrogen-bond donors (Lipinski definition) is 0. The summed E-state index contributed by atoms with van der Waals surface area (Å²) >= 11 is 0. The number of amides is 1. The largest absolute Gasteiger partial charge is 0.493 e. The highest BCUT2D eigenvalue weighted by Crippen LogP contribution is 2.30. The fourth-order valence-electron chi connectivity index (χ4n) is 3.50. The Labute approximate surface area is 178 Å². The summed E-state index contributed by atoms with van der Waals surface area (Å²) in [5, 5.41) is 0. The van der Waals surface area contributed by atoms with Crippen LogP contribution < -0.4 is 19.1 Å². The third-order valence-electron chi connectivity index (χ3n) is 5.00. The quantitative estimate of drug-likeness (QED) is 0.619. The van der Waals surface area contributed by atoms with Gasteiger partial charge in [-0.15, -0.1) is 0 Å². The van der Waals surface area contributed by atoms with Crippen molar-refractivity contribution in [3.8, 4) is 17.2 Å². The first-order valence-electron chi connectivity index (χ1n) is 10.4. The number of piperazine rings is 1. The van der Waals surface area contributed by atoms with Crippen molar-refractivity contribution in [3.63, 3.8) is 0 Å². The third-order valence-corrected chi connectivity index (χ3v) is 5.00. The maximum Gasteiger partial charge on any atom is 0.246 e. The molecule has 0 atom stereocenters. The molecule has 1 amide bonds. The van der Waals surface area contributed by atoms with Crippen molar-refractivity contribution in [1.82, 2.24) is 4.90 Å². The number of benzene rings is 2. The number of para-hydroxylation sites is 2. The molecule has 0 N–H and O–H groups in total. The summed E-state index contributed by atoms with van der Waals surface area (Å²) in [7, 11) is 1.61. The molecule has 0 unspecified atom stereocenters. The van der Waals surface area contributed by atoms with Crippen LogP contribution in [0.25, 0.3) is 6.08 Å². The van der Waals surface area contributed by atoms with Gasteiger partial charge >= 0.3 is 0 Å². The predicted octanol–water partition coefficient (Wildman–Crippen LogP) is 3.85. The van der Waals surface area contributed by atoms with Crippen molar-refractivity contribution < 1.29 is 19.0 Å². The lowest BCUT2D eigenvalue weighted by molar-refractivity contribution is -0.126. The molecule has 0 spiro atoms. The van der Waals surface area contributed by atoms with Crippen LogP contribution in [0.3, 0.4) is 0 Å². The van der Waals surface area contributed by atoms with Gasteiger partial charge in [0.25, 0.3) is 0 Å². The van der Waals surface area contributed by atoms with Crippen LogP contribution >= 0.6 is 0 Å². The van der Waals surface area contributed by atoms with E-state index in [1.807, 2.05) is 61.2 Å². The van der Waals surface area contributed by atoms with Gasteiger partial charge in [-0.1, -0.05) is 18.2 Å². The minimum absolute atomic E-state index is 0.0153. The summed E-state index contributed by atoms with van der Waals surface area (Å²) in [6.45, 7) is 8.02. The fourth-order valence-corrected chi connectivity index (χ4v) is 3.50. The number of rotatable bonds is 8. The average Bonchev–Trinajstić information content (AvgIpc) is 2.78. The van der Waals surface area contributed by atoms with E-state index < -0.39 is 0 Å². The second-order valence-corrected chi connectivity index (χ2v) is 6.89. The molecule has 1 aliphatic heterocycles. The predicted molar refractivity (Wildman–Crippen MR) is 120 cm³/mol. The first kappa shape index (κ1) is 21.6. The van der Waals surface area contributed by atoms with E-state index in [1.165, 1.54) is 0 Å². The van der Waals surface area contributed by atoms with Crippen LogP contribution in [0.4, 0.5) is 5.69 Å². The van der Waals surface area contributed by atoms with Crippen molar-refractivity contribution in [1.29, 1.82) is 0 Å². The molecule has 0 radical (unpaired) electrons. The first-order valence-corrected chi connectivity index (χ1v) is 10.4. The molecule has 2 aromatic carbocycles. The lowest BCUT2D eigenvalue weighted by Crippen LogP contribution is -2.48. The minimum atomic E-state index is 0.0153. The highest BCUT2D eigenvalue weighted by molar-refractivity contribution is 5.92. The molecule has 2 aromatic rings. The Balaban J connectivity index is 1.60. The van der Waals surface area contributed by atoms with Crippen LogP contribution in [-0.2, 0) is 4.79 Å². The monoisotopic (exact) mass is 410 g/mol. The molecule has 160 valence electrons. The topological polar surface area (TPSA) is 51.2 Å². The van der Waals surface area contributed by atoms with Gasteiger partial charge in [-0.2, -0.15) is 0 Å². The number of carbonyl (C=O) groups excluding carboxylic acids is 1. The highest BCUT2D eigenvalue weighted by Gasteiger charge is 2.21. The Hall–Kier alpha value is -3.15. The molecule has 0 saturated carbocycles. The Morgan fingerprint density at radius 1 is 0.933 bits per heavy atom. The molecule has 0 bridgehead atoms. The van der Waals surface area contributed by atoms with Crippen LogP contribution in [0.2, 0.25) is 0 Å². The van der Waals surface area contributed by atoms with E-state index in [-0.39, 0.29) is 5.91 Å². The van der Waals surface area contributed by atoms with E-state index in [4.69, 9.17) is 14.2 Å². The SMILES string of the molecule is CCOc1cc(/C=C/C(=O)N2CCN(c3ccccc3OCC)CC2)ccc1OC. The Morgan fingerprint density at radius 2 is 1.63 bits per heavy atom. The third kappa shape index (κ3) is 5.26. The number of anilines is 1. The van der Waals surface area contributed by atoms with Crippen molar-refractivity contribution in [2.75, 3.05) is 51.4 Å². The zero-order valence-electron chi connectivity index (χ0n) is 18.0. The molecular formula is C24H30N2O4. The van der Waals surface area contributed by atoms with Crippen molar-refractivity contribution in [2.45, 2.75) is 13.8 Å². The molecule has 1 saturated heterocycles. The van der Waals surface area contributed by atoms with Gasteiger partial charge in [0.1, 0.15) is 5.75 Å². The van der Waals surface area contributed by atoms with Crippen LogP contribution in [0.15, 0.2) is 48.5 Å². The highest BCUT2D eigenvalue weighted by atomic mass is 16.5. The number of hydrogen-bond acceptors (Lipinski definition) is 5. The molecule has 1 fully saturated rings. The van der Waals surface area contributed by atoms with Crippen molar-refractivity contribution in [2.24, 2.45) is 0 Å². The lowest BCUT2D eigenvalue weighted by Gasteiger charge is -2.36. The van der Waals surface area contributed by atoms with Gasteiger partial charge in [0.2, 0.25) is 5.91 Å². The van der Waals surface area contributed by atoms with Crippen LogP contribution in [0, 0.1) is 0 Å². The Kier molecular flexibility index (Phi) is 7.60. The zero-order valence-corrected chi connectivity index (χ0v) is 18.0. The molecule has 0 aromatic heterocycles. The second kappa shape index (κ2) is 10.6. The number of nitrogens with zero attached hydrogens (tertiary/aromatic N) is 2. The van der Waals surface area contributed by atoms with E-state index in [9.17, 15) is 4.79 Å². The van der Waals surface area contributed by atoms with Gasteiger partial charge in [-0.3, -0.25) is 4.79 Å². The van der Waals surface area contributed by atoms with Gasteiger partial charge in [0.05, 0.1) is 26.0 Å². The molecule has 0 aliphatic carbocycles. The molecule has 1 aliphatic rings. The molecule has 30 heavy (non-hydrogen) atoms. The summed E-state index contributed by atoms with van der Waals surface area (Å²) < 4.78 is 16.7. The summed E-state index contributed by atoms with van der Waals surface area (Å²) in [5.74, 6) is 2.27. The summed E-state index contributed by atoms with van der Waals surface area (Å²) in [5.41, 5.74) is 1.99. The zero-order chi connectivity index (χ0) is 21.3.